The molecule has 0 amide bonds. The highest BCUT2D eigenvalue weighted by atomic mass is 32.2. The number of hydrogen-bond donors (Lipinski definition) is 1. The average Bonchev–Trinajstić information content (AvgIpc) is 2.19. The highest BCUT2D eigenvalue weighted by molar-refractivity contribution is 7.72. The summed E-state index contributed by atoms with van der Waals surface area (Å²) in [5, 5.41) is 1.65. The summed E-state index contributed by atoms with van der Waals surface area (Å²) in [5.41, 5.74) is -0.695. The van der Waals surface area contributed by atoms with E-state index in [0.717, 1.165) is 12.8 Å². The van der Waals surface area contributed by atoms with Gasteiger partial charge in [0.15, 0.2) is 0 Å². The van der Waals surface area contributed by atoms with Crippen LogP contribution in [0.2, 0.25) is 0 Å². The van der Waals surface area contributed by atoms with Gasteiger partial charge >= 0.3 is 5.97 Å². The number of piperidine rings is 1. The Hall–Kier alpha value is -0.620. The molecule has 1 fully saturated rings. The zero-order valence-electron chi connectivity index (χ0n) is 11.6. The maximum Gasteiger partial charge on any atom is 0.330 e. The second-order valence-corrected chi connectivity index (χ2v) is 7.34. The van der Waals surface area contributed by atoms with Crippen LogP contribution in [0.1, 0.15) is 40.5 Å². The van der Waals surface area contributed by atoms with Gasteiger partial charge < -0.3 is 4.84 Å². The Kier molecular flexibility index (Phi) is 4.78. The monoisotopic (exact) mass is 277 g/mol. The maximum absolute atomic E-state index is 11.7. The predicted octanol–water partition coefficient (Wildman–Crippen LogP) is 1.20. The topological polar surface area (TPSA) is 63.7 Å². The minimum atomic E-state index is -2.35. The van der Waals surface area contributed by atoms with Gasteiger partial charge in [-0.1, -0.05) is 6.92 Å². The average molecular weight is 277 g/mol. The maximum atomic E-state index is 11.7. The molecule has 0 bridgehead atoms. The van der Waals surface area contributed by atoms with Crippen molar-refractivity contribution in [1.82, 2.24) is 5.06 Å². The molecular formula is C12H23NO4S. The lowest BCUT2D eigenvalue weighted by molar-refractivity contribution is -0.208. The molecule has 0 N–H and O–H groups in total. The quantitative estimate of drug-likeness (QED) is 0.785. The van der Waals surface area contributed by atoms with Gasteiger partial charge in [0, 0.05) is 13.1 Å². The fraction of sp³-hybridized carbons (Fsp3) is 0.917. The first-order valence-electron chi connectivity index (χ1n) is 6.22. The number of carbonyl (C=O) groups excluding carboxylic acids is 1. The second kappa shape index (κ2) is 5.57. The van der Waals surface area contributed by atoms with Crippen molar-refractivity contribution in [2.45, 2.75) is 40.5 Å². The van der Waals surface area contributed by atoms with Crippen molar-refractivity contribution in [2.24, 2.45) is 10.8 Å². The standard InChI is InChI=1S/C12H23NO4S/c1-11(2,3)10(14)17-13-7-5-12(4,6-8-13)9-18(15)16/h18H,5-9H2,1-4H3. The molecule has 0 unspecified atom stereocenters. The van der Waals surface area contributed by atoms with Gasteiger partial charge in [-0.05, 0) is 39.0 Å². The summed E-state index contributed by atoms with van der Waals surface area (Å²) in [6.07, 6.45) is 1.46. The van der Waals surface area contributed by atoms with E-state index in [1.807, 2.05) is 27.7 Å². The molecule has 1 heterocycles. The van der Waals surface area contributed by atoms with E-state index in [1.54, 1.807) is 5.06 Å². The predicted molar refractivity (Wildman–Crippen MR) is 69.6 cm³/mol. The van der Waals surface area contributed by atoms with Gasteiger partial charge in [0.2, 0.25) is 0 Å². The zero-order chi connectivity index (χ0) is 14.0. The highest BCUT2D eigenvalue weighted by Crippen LogP contribution is 2.31. The van der Waals surface area contributed by atoms with Crippen LogP contribution in [0.4, 0.5) is 0 Å². The van der Waals surface area contributed by atoms with Gasteiger partial charge in [0.05, 0.1) is 11.2 Å². The highest BCUT2D eigenvalue weighted by Gasteiger charge is 2.34. The number of thiol groups is 1. The summed E-state index contributed by atoms with van der Waals surface area (Å²) in [6, 6.07) is 0. The summed E-state index contributed by atoms with van der Waals surface area (Å²) in [4.78, 5) is 17.0. The summed E-state index contributed by atoms with van der Waals surface area (Å²) < 4.78 is 21.6. The Labute approximate surface area is 110 Å². The number of hydroxylamine groups is 2. The van der Waals surface area contributed by atoms with Crippen LogP contribution in [0, 0.1) is 10.8 Å². The zero-order valence-corrected chi connectivity index (χ0v) is 12.5. The van der Waals surface area contributed by atoms with E-state index in [2.05, 4.69) is 0 Å². The van der Waals surface area contributed by atoms with Crippen LogP contribution in [0.5, 0.6) is 0 Å². The van der Waals surface area contributed by atoms with Crippen LogP contribution >= 0.6 is 0 Å². The van der Waals surface area contributed by atoms with Crippen LogP contribution in [0.3, 0.4) is 0 Å². The van der Waals surface area contributed by atoms with Gasteiger partial charge in [-0.25, -0.2) is 13.2 Å². The molecule has 0 aromatic rings. The van der Waals surface area contributed by atoms with Crippen LogP contribution < -0.4 is 0 Å². The van der Waals surface area contributed by atoms with Crippen LogP contribution in [-0.2, 0) is 20.3 Å². The third kappa shape index (κ3) is 4.57. The van der Waals surface area contributed by atoms with Crippen LogP contribution in [0.25, 0.3) is 0 Å². The van der Waals surface area contributed by atoms with E-state index in [4.69, 9.17) is 4.84 Å². The lowest BCUT2D eigenvalue weighted by Gasteiger charge is -2.37. The summed E-state index contributed by atoms with van der Waals surface area (Å²) in [6.45, 7) is 8.60. The molecule has 1 saturated heterocycles. The van der Waals surface area contributed by atoms with E-state index >= 15 is 0 Å². The first kappa shape index (κ1) is 15.4. The van der Waals surface area contributed by atoms with Crippen molar-refractivity contribution in [3.63, 3.8) is 0 Å². The van der Waals surface area contributed by atoms with Crippen LogP contribution in [0.15, 0.2) is 0 Å². The van der Waals surface area contributed by atoms with Crippen molar-refractivity contribution < 1.29 is 18.0 Å². The lowest BCUT2D eigenvalue weighted by atomic mass is 9.83. The first-order valence-corrected chi connectivity index (χ1v) is 7.58. The molecule has 1 rings (SSSR count). The number of rotatable bonds is 3. The smallest absolute Gasteiger partial charge is 0.330 e. The molecule has 0 atom stereocenters. The third-order valence-corrected chi connectivity index (χ3v) is 4.29. The van der Waals surface area contributed by atoms with Crippen molar-refractivity contribution in [3.8, 4) is 0 Å². The largest absolute Gasteiger partial charge is 0.367 e. The second-order valence-electron chi connectivity index (χ2n) is 6.36. The third-order valence-electron chi connectivity index (χ3n) is 3.26. The van der Waals surface area contributed by atoms with Gasteiger partial charge in [-0.2, -0.15) is 0 Å². The summed E-state index contributed by atoms with van der Waals surface area (Å²) in [7, 11) is -2.35. The molecule has 18 heavy (non-hydrogen) atoms. The Balaban J connectivity index is 2.47. The number of carbonyl (C=O) groups is 1. The minimum absolute atomic E-state index is 0.181. The summed E-state index contributed by atoms with van der Waals surface area (Å²) in [5.74, 6) is -0.0374. The fourth-order valence-corrected chi connectivity index (χ4v) is 2.78. The van der Waals surface area contributed by atoms with Gasteiger partial charge in [-0.3, -0.25) is 0 Å². The molecule has 0 aromatic carbocycles. The normalized spacial score (nSPS) is 20.9. The van der Waals surface area contributed by atoms with E-state index in [-0.39, 0.29) is 17.1 Å². The van der Waals surface area contributed by atoms with Crippen molar-refractivity contribution in [1.29, 1.82) is 0 Å². The van der Waals surface area contributed by atoms with Crippen LogP contribution in [-0.4, -0.2) is 38.3 Å². The van der Waals surface area contributed by atoms with Crippen molar-refractivity contribution in [2.75, 3.05) is 18.8 Å². The molecular weight excluding hydrogens is 254 g/mol. The Morgan fingerprint density at radius 2 is 1.78 bits per heavy atom. The number of nitrogens with zero attached hydrogens (tertiary/aromatic N) is 1. The van der Waals surface area contributed by atoms with Gasteiger partial charge in [0.1, 0.15) is 10.7 Å². The lowest BCUT2D eigenvalue weighted by Crippen LogP contribution is -2.43. The van der Waals surface area contributed by atoms with Gasteiger partial charge in [0.25, 0.3) is 0 Å². The SMILES string of the molecule is CC1(C[SH](=O)=O)CCN(OC(=O)C(C)(C)C)CC1. The molecule has 0 radical (unpaired) electrons. The first-order chi connectivity index (χ1) is 8.12. The Bertz CT molecular complexity index is 368. The summed E-state index contributed by atoms with van der Waals surface area (Å²) >= 11 is 0. The molecule has 5 nitrogen and oxygen atoms in total. The molecule has 6 heteroatoms. The Morgan fingerprint density at radius 1 is 1.28 bits per heavy atom. The molecule has 0 aliphatic carbocycles. The molecule has 0 aromatic heterocycles. The Morgan fingerprint density at radius 3 is 2.17 bits per heavy atom. The van der Waals surface area contributed by atoms with E-state index in [9.17, 15) is 13.2 Å². The number of hydrogen-bond acceptors (Lipinski definition) is 5. The van der Waals surface area contributed by atoms with Gasteiger partial charge in [-0.15, -0.1) is 5.06 Å². The van der Waals surface area contributed by atoms with E-state index < -0.39 is 16.1 Å². The molecule has 0 saturated carbocycles. The molecule has 106 valence electrons. The molecule has 1 aliphatic heterocycles. The van der Waals surface area contributed by atoms with E-state index in [0.29, 0.717) is 13.1 Å². The fourth-order valence-electron chi connectivity index (χ4n) is 1.84. The molecule has 0 spiro atoms. The van der Waals surface area contributed by atoms with E-state index in [1.165, 1.54) is 0 Å². The van der Waals surface area contributed by atoms with Crippen molar-refractivity contribution in [3.05, 3.63) is 0 Å². The molecule has 1 aliphatic rings. The van der Waals surface area contributed by atoms with Crippen molar-refractivity contribution >= 4 is 16.7 Å². The minimum Gasteiger partial charge on any atom is -0.367 e.